The van der Waals surface area contributed by atoms with Gasteiger partial charge in [-0.2, -0.15) is 0 Å². The van der Waals surface area contributed by atoms with Crippen molar-refractivity contribution in [2.45, 2.75) is 13.0 Å². The largest absolute Gasteiger partial charge is 0.488 e. The highest BCUT2D eigenvalue weighted by Gasteiger charge is 2.04. The summed E-state index contributed by atoms with van der Waals surface area (Å²) < 4.78 is 31.8. The van der Waals surface area contributed by atoms with E-state index in [-0.39, 0.29) is 6.61 Å². The Bertz CT molecular complexity index is 654. The molecule has 21 heavy (non-hydrogen) atoms. The topological polar surface area (TPSA) is 9.23 Å². The smallest absolute Gasteiger partial charge is 0.135 e. The van der Waals surface area contributed by atoms with Crippen molar-refractivity contribution in [3.8, 4) is 17.6 Å². The van der Waals surface area contributed by atoms with Gasteiger partial charge in [0.25, 0.3) is 0 Å². The number of para-hydroxylation sites is 1. The van der Waals surface area contributed by atoms with Gasteiger partial charge in [-0.15, -0.1) is 11.6 Å². The average molecular weight is 307 g/mol. The Morgan fingerprint density at radius 3 is 2.48 bits per heavy atom. The fourth-order valence-corrected chi connectivity index (χ4v) is 1.85. The number of hydrogen-bond donors (Lipinski definition) is 0. The van der Waals surface area contributed by atoms with Crippen molar-refractivity contribution in [1.82, 2.24) is 0 Å². The van der Waals surface area contributed by atoms with Crippen LogP contribution in [0.3, 0.4) is 0 Å². The summed E-state index contributed by atoms with van der Waals surface area (Å²) in [4.78, 5) is 0. The van der Waals surface area contributed by atoms with Crippen LogP contribution < -0.4 is 4.74 Å². The van der Waals surface area contributed by atoms with Crippen LogP contribution in [0, 0.1) is 23.5 Å². The maximum atomic E-state index is 13.1. The van der Waals surface area contributed by atoms with E-state index in [1.54, 1.807) is 6.07 Å². The van der Waals surface area contributed by atoms with Gasteiger partial charge in [0.05, 0.1) is 5.56 Å². The fraction of sp³-hybridized carbons (Fsp3) is 0.176. The fourth-order valence-electron chi connectivity index (χ4n) is 1.76. The molecule has 0 saturated heterocycles. The van der Waals surface area contributed by atoms with Gasteiger partial charge in [0.2, 0.25) is 0 Å². The summed E-state index contributed by atoms with van der Waals surface area (Å²) in [6, 6.07) is 10.6. The van der Waals surface area contributed by atoms with Crippen molar-refractivity contribution in [1.29, 1.82) is 0 Å². The van der Waals surface area contributed by atoms with Gasteiger partial charge in [-0.3, -0.25) is 0 Å². The van der Waals surface area contributed by atoms with E-state index in [1.807, 2.05) is 18.2 Å². The summed E-state index contributed by atoms with van der Waals surface area (Å²) in [6.45, 7) is 0.0723. The van der Waals surface area contributed by atoms with Crippen LogP contribution >= 0.6 is 11.6 Å². The Kier molecular flexibility index (Phi) is 5.59. The molecule has 0 heterocycles. The molecule has 0 fully saturated rings. The summed E-state index contributed by atoms with van der Waals surface area (Å²) in [5, 5.41) is 0. The minimum atomic E-state index is -0.621. The second kappa shape index (κ2) is 7.66. The normalized spacial score (nSPS) is 9.86. The van der Waals surface area contributed by atoms with Crippen molar-refractivity contribution in [2.24, 2.45) is 0 Å². The highest BCUT2D eigenvalue weighted by atomic mass is 35.5. The molecule has 0 aliphatic heterocycles. The van der Waals surface area contributed by atoms with Crippen molar-refractivity contribution >= 4 is 11.6 Å². The molecule has 2 aromatic carbocycles. The minimum absolute atomic E-state index is 0.0723. The van der Waals surface area contributed by atoms with Crippen LogP contribution in [-0.2, 0) is 6.61 Å². The van der Waals surface area contributed by atoms with Gasteiger partial charge in [0.15, 0.2) is 0 Å². The second-order valence-corrected chi connectivity index (χ2v) is 4.68. The van der Waals surface area contributed by atoms with Crippen LogP contribution in [0.4, 0.5) is 8.78 Å². The summed E-state index contributed by atoms with van der Waals surface area (Å²) in [6.07, 6.45) is 0.588. The van der Waals surface area contributed by atoms with Crippen LogP contribution in [0.5, 0.6) is 5.75 Å². The molecule has 0 radical (unpaired) electrons. The molecule has 2 aromatic rings. The first-order valence-electron chi connectivity index (χ1n) is 6.40. The SMILES string of the molecule is Fc1cc(F)cc(COc2ccccc2C#CCCCl)c1. The number of rotatable bonds is 4. The number of ether oxygens (including phenoxy) is 1. The van der Waals surface area contributed by atoms with Gasteiger partial charge in [-0.25, -0.2) is 8.78 Å². The molecule has 0 amide bonds. The first-order valence-corrected chi connectivity index (χ1v) is 6.94. The second-order valence-electron chi connectivity index (χ2n) is 4.30. The monoisotopic (exact) mass is 306 g/mol. The Labute approximate surface area is 127 Å². The van der Waals surface area contributed by atoms with Crippen LogP contribution in [0.25, 0.3) is 0 Å². The van der Waals surface area contributed by atoms with Crippen molar-refractivity contribution in [3.63, 3.8) is 0 Å². The Morgan fingerprint density at radius 2 is 1.76 bits per heavy atom. The average Bonchev–Trinajstić information content (AvgIpc) is 2.45. The summed E-state index contributed by atoms with van der Waals surface area (Å²) in [7, 11) is 0. The highest BCUT2D eigenvalue weighted by molar-refractivity contribution is 6.18. The molecular weight excluding hydrogens is 294 g/mol. The third-order valence-electron chi connectivity index (χ3n) is 2.65. The van der Waals surface area contributed by atoms with Crippen LogP contribution in [0.2, 0.25) is 0 Å². The number of hydrogen-bond acceptors (Lipinski definition) is 1. The van der Waals surface area contributed by atoms with Gasteiger partial charge in [-0.05, 0) is 29.8 Å². The molecule has 0 N–H and O–H groups in total. The van der Waals surface area contributed by atoms with E-state index in [1.165, 1.54) is 12.1 Å². The third-order valence-corrected chi connectivity index (χ3v) is 2.84. The molecule has 0 saturated carbocycles. The molecule has 0 aromatic heterocycles. The molecule has 0 atom stereocenters. The first-order chi connectivity index (χ1) is 10.2. The molecule has 2 rings (SSSR count). The molecule has 0 spiro atoms. The van der Waals surface area contributed by atoms with E-state index < -0.39 is 11.6 Å². The predicted octanol–water partition coefficient (Wildman–Crippen LogP) is 4.52. The zero-order chi connectivity index (χ0) is 15.1. The third kappa shape index (κ3) is 4.77. The molecule has 0 bridgehead atoms. The van der Waals surface area contributed by atoms with Gasteiger partial charge >= 0.3 is 0 Å². The van der Waals surface area contributed by atoms with Crippen molar-refractivity contribution in [3.05, 3.63) is 65.2 Å². The zero-order valence-corrected chi connectivity index (χ0v) is 12.0. The Morgan fingerprint density at radius 1 is 1.05 bits per heavy atom. The van der Waals surface area contributed by atoms with Gasteiger partial charge < -0.3 is 4.74 Å². The Balaban J connectivity index is 2.11. The van der Waals surface area contributed by atoms with Crippen LogP contribution in [0.15, 0.2) is 42.5 Å². The number of alkyl halides is 1. The van der Waals surface area contributed by atoms with Crippen LogP contribution in [-0.4, -0.2) is 5.88 Å². The Hall–Kier alpha value is -2.05. The lowest BCUT2D eigenvalue weighted by molar-refractivity contribution is 0.304. The van der Waals surface area contributed by atoms with Crippen molar-refractivity contribution < 1.29 is 13.5 Å². The van der Waals surface area contributed by atoms with E-state index in [2.05, 4.69) is 11.8 Å². The molecule has 1 nitrogen and oxygen atoms in total. The standard InChI is InChI=1S/C17H13ClF2O/c18-8-4-3-6-14-5-1-2-7-17(14)21-12-13-9-15(19)11-16(20)10-13/h1-2,5,7,9-11H,4,8,12H2. The lowest BCUT2D eigenvalue weighted by Gasteiger charge is -2.08. The maximum absolute atomic E-state index is 13.1. The highest BCUT2D eigenvalue weighted by Crippen LogP contribution is 2.19. The van der Waals surface area contributed by atoms with E-state index in [0.717, 1.165) is 11.6 Å². The van der Waals surface area contributed by atoms with E-state index in [0.29, 0.717) is 23.6 Å². The quantitative estimate of drug-likeness (QED) is 0.596. The summed E-state index contributed by atoms with van der Waals surface area (Å²) >= 11 is 5.57. The van der Waals surface area contributed by atoms with Gasteiger partial charge in [-0.1, -0.05) is 24.0 Å². The number of halogens is 3. The molecular formula is C17H13ClF2O. The lowest BCUT2D eigenvalue weighted by atomic mass is 10.2. The predicted molar refractivity (Wildman–Crippen MR) is 79.3 cm³/mol. The minimum Gasteiger partial charge on any atom is -0.488 e. The molecule has 0 aliphatic carbocycles. The van der Waals surface area contributed by atoms with Crippen molar-refractivity contribution in [2.75, 3.05) is 5.88 Å². The van der Waals surface area contributed by atoms with Gasteiger partial charge in [0.1, 0.15) is 24.0 Å². The molecule has 4 heteroatoms. The zero-order valence-electron chi connectivity index (χ0n) is 11.2. The van der Waals surface area contributed by atoms with E-state index >= 15 is 0 Å². The van der Waals surface area contributed by atoms with Crippen LogP contribution in [0.1, 0.15) is 17.5 Å². The van der Waals surface area contributed by atoms with Gasteiger partial charge in [0, 0.05) is 18.4 Å². The number of benzene rings is 2. The molecule has 108 valence electrons. The molecule has 0 unspecified atom stereocenters. The van der Waals surface area contributed by atoms with E-state index in [4.69, 9.17) is 16.3 Å². The summed E-state index contributed by atoms with van der Waals surface area (Å²) in [5.74, 6) is 5.69. The maximum Gasteiger partial charge on any atom is 0.135 e. The molecule has 0 aliphatic rings. The lowest BCUT2D eigenvalue weighted by Crippen LogP contribution is -1.98. The summed E-state index contributed by atoms with van der Waals surface area (Å²) in [5.41, 5.74) is 1.15. The van der Waals surface area contributed by atoms with E-state index in [9.17, 15) is 8.78 Å². The first kappa shape index (κ1) is 15.3.